The number of halogens is 2. The van der Waals surface area contributed by atoms with E-state index in [0.29, 0.717) is 0 Å². The number of aromatic nitrogens is 2. The number of aromatic amines is 1. The molecular formula is C13H10ClFN2O4. The van der Waals surface area contributed by atoms with E-state index in [0.717, 1.165) is 16.8 Å². The van der Waals surface area contributed by atoms with Crippen molar-refractivity contribution in [3.8, 4) is 11.1 Å². The van der Waals surface area contributed by atoms with E-state index >= 15 is 0 Å². The number of carboxylic acid groups (broad SMARTS) is 1. The van der Waals surface area contributed by atoms with E-state index in [2.05, 4.69) is 4.98 Å². The standard InChI is InChI=1S/C13H10ClFN2O4/c14-11-7(2-1-3-9(11)15)8-6-16-13(21)17(12(8)20)5-4-10(18)19/h1-3,6H,4-5H2,(H,16,21)(H,18,19). The van der Waals surface area contributed by atoms with Crippen LogP contribution >= 0.6 is 11.6 Å². The maximum Gasteiger partial charge on any atom is 0.328 e. The molecule has 0 aliphatic carbocycles. The zero-order chi connectivity index (χ0) is 15.6. The highest BCUT2D eigenvalue weighted by Crippen LogP contribution is 2.27. The maximum absolute atomic E-state index is 13.4. The van der Waals surface area contributed by atoms with Crippen LogP contribution in [0, 0.1) is 5.82 Å². The van der Waals surface area contributed by atoms with Gasteiger partial charge in [0.05, 0.1) is 17.0 Å². The molecule has 0 saturated heterocycles. The lowest BCUT2D eigenvalue weighted by atomic mass is 10.1. The predicted octanol–water partition coefficient (Wildman–Crippen LogP) is 1.47. The van der Waals surface area contributed by atoms with Crippen molar-refractivity contribution in [3.05, 3.63) is 56.1 Å². The molecule has 1 aromatic carbocycles. The smallest absolute Gasteiger partial charge is 0.328 e. The lowest BCUT2D eigenvalue weighted by Crippen LogP contribution is -2.36. The Kier molecular flexibility index (Phi) is 4.23. The molecule has 6 nitrogen and oxygen atoms in total. The Morgan fingerprint density at radius 2 is 2.05 bits per heavy atom. The minimum Gasteiger partial charge on any atom is -0.481 e. The van der Waals surface area contributed by atoms with Gasteiger partial charge in [0.1, 0.15) is 5.82 Å². The number of rotatable bonds is 4. The second-order valence-electron chi connectivity index (χ2n) is 4.21. The van der Waals surface area contributed by atoms with E-state index in [1.807, 2.05) is 0 Å². The van der Waals surface area contributed by atoms with E-state index in [1.54, 1.807) is 0 Å². The molecule has 1 aromatic heterocycles. The number of hydrogen-bond donors (Lipinski definition) is 2. The third-order valence-corrected chi connectivity index (χ3v) is 3.24. The number of hydrogen-bond acceptors (Lipinski definition) is 3. The lowest BCUT2D eigenvalue weighted by Gasteiger charge is -2.07. The monoisotopic (exact) mass is 312 g/mol. The van der Waals surface area contributed by atoms with E-state index in [4.69, 9.17) is 16.7 Å². The molecule has 0 saturated carbocycles. The second-order valence-corrected chi connectivity index (χ2v) is 4.59. The van der Waals surface area contributed by atoms with Gasteiger partial charge in [0, 0.05) is 18.3 Å². The molecule has 0 aliphatic rings. The van der Waals surface area contributed by atoms with E-state index in [-0.39, 0.29) is 29.1 Å². The van der Waals surface area contributed by atoms with Crippen LogP contribution in [0.25, 0.3) is 11.1 Å². The summed E-state index contributed by atoms with van der Waals surface area (Å²) in [6.45, 7) is -0.287. The molecule has 21 heavy (non-hydrogen) atoms. The molecule has 0 bridgehead atoms. The molecule has 0 unspecified atom stereocenters. The maximum atomic E-state index is 13.4. The highest BCUT2D eigenvalue weighted by Gasteiger charge is 2.14. The van der Waals surface area contributed by atoms with Gasteiger partial charge in [0.25, 0.3) is 5.56 Å². The molecular weight excluding hydrogens is 303 g/mol. The average Bonchev–Trinajstić information content (AvgIpc) is 2.42. The summed E-state index contributed by atoms with van der Waals surface area (Å²) in [5.74, 6) is -1.84. The van der Waals surface area contributed by atoms with Crippen molar-refractivity contribution in [2.24, 2.45) is 0 Å². The molecule has 0 fully saturated rings. The Labute approximate surface area is 122 Å². The summed E-state index contributed by atoms with van der Waals surface area (Å²) in [4.78, 5) is 36.7. The van der Waals surface area contributed by atoms with Gasteiger partial charge in [-0.2, -0.15) is 0 Å². The quantitative estimate of drug-likeness (QED) is 0.894. The summed E-state index contributed by atoms with van der Waals surface area (Å²) in [5, 5.41) is 8.38. The average molecular weight is 313 g/mol. The van der Waals surface area contributed by atoms with Crippen LogP contribution in [0.4, 0.5) is 4.39 Å². The number of nitrogens with one attached hydrogen (secondary N) is 1. The van der Waals surface area contributed by atoms with Gasteiger partial charge in [0.2, 0.25) is 0 Å². The molecule has 0 aliphatic heterocycles. The largest absolute Gasteiger partial charge is 0.481 e. The van der Waals surface area contributed by atoms with Gasteiger partial charge in [-0.1, -0.05) is 23.7 Å². The van der Waals surface area contributed by atoms with Gasteiger partial charge < -0.3 is 10.1 Å². The van der Waals surface area contributed by atoms with Gasteiger partial charge in [-0.25, -0.2) is 9.18 Å². The van der Waals surface area contributed by atoms with Gasteiger partial charge in [-0.15, -0.1) is 0 Å². The number of aliphatic carboxylic acids is 1. The second kappa shape index (κ2) is 5.92. The van der Waals surface area contributed by atoms with E-state index in [9.17, 15) is 18.8 Å². The van der Waals surface area contributed by atoms with Crippen molar-refractivity contribution in [2.75, 3.05) is 0 Å². The number of nitrogens with zero attached hydrogens (tertiary/aromatic N) is 1. The van der Waals surface area contributed by atoms with E-state index < -0.39 is 23.0 Å². The Bertz CT molecular complexity index is 813. The van der Waals surface area contributed by atoms with Crippen LogP contribution in [0.15, 0.2) is 34.0 Å². The van der Waals surface area contributed by atoms with Gasteiger partial charge in [-0.3, -0.25) is 14.2 Å². The van der Waals surface area contributed by atoms with Crippen molar-refractivity contribution < 1.29 is 14.3 Å². The molecule has 0 atom stereocenters. The molecule has 2 rings (SSSR count). The minimum atomic E-state index is -1.14. The zero-order valence-electron chi connectivity index (χ0n) is 10.6. The van der Waals surface area contributed by atoms with Crippen molar-refractivity contribution in [3.63, 3.8) is 0 Å². The topological polar surface area (TPSA) is 92.2 Å². The fraction of sp³-hybridized carbons (Fsp3) is 0.154. The highest BCUT2D eigenvalue weighted by molar-refractivity contribution is 6.33. The normalized spacial score (nSPS) is 10.6. The zero-order valence-corrected chi connectivity index (χ0v) is 11.4. The summed E-state index contributed by atoms with van der Waals surface area (Å²) in [6.07, 6.45) is 0.742. The van der Waals surface area contributed by atoms with Crippen LogP contribution in [0.1, 0.15) is 6.42 Å². The first-order valence-corrected chi connectivity index (χ1v) is 6.28. The fourth-order valence-electron chi connectivity index (χ4n) is 1.83. The minimum absolute atomic E-state index is 0.00973. The van der Waals surface area contributed by atoms with Crippen LogP contribution in [0.2, 0.25) is 5.02 Å². The SMILES string of the molecule is O=C(O)CCn1c(=O)[nH]cc(-c2cccc(F)c2Cl)c1=O. The van der Waals surface area contributed by atoms with Crippen molar-refractivity contribution in [2.45, 2.75) is 13.0 Å². The molecule has 8 heteroatoms. The van der Waals surface area contributed by atoms with Gasteiger partial charge >= 0.3 is 11.7 Å². The van der Waals surface area contributed by atoms with Crippen molar-refractivity contribution >= 4 is 17.6 Å². The molecule has 0 radical (unpaired) electrons. The first-order chi connectivity index (χ1) is 9.91. The molecule has 2 N–H and O–H groups in total. The molecule has 1 heterocycles. The van der Waals surface area contributed by atoms with Crippen LogP contribution in [-0.4, -0.2) is 20.6 Å². The Hall–Kier alpha value is -2.41. The summed E-state index contributed by atoms with van der Waals surface area (Å²) in [7, 11) is 0. The van der Waals surface area contributed by atoms with Crippen molar-refractivity contribution in [1.29, 1.82) is 0 Å². The Morgan fingerprint density at radius 1 is 1.33 bits per heavy atom. The summed E-state index contributed by atoms with van der Waals surface area (Å²) in [6, 6.07) is 3.95. The van der Waals surface area contributed by atoms with Crippen LogP contribution in [0.5, 0.6) is 0 Å². The number of carbonyl (C=O) groups is 1. The fourth-order valence-corrected chi connectivity index (χ4v) is 2.05. The van der Waals surface area contributed by atoms with Gasteiger partial charge in [-0.05, 0) is 6.07 Å². The Balaban J connectivity index is 2.59. The molecule has 110 valence electrons. The first-order valence-electron chi connectivity index (χ1n) is 5.90. The van der Waals surface area contributed by atoms with E-state index in [1.165, 1.54) is 12.1 Å². The number of benzene rings is 1. The third kappa shape index (κ3) is 3.03. The molecule has 0 spiro atoms. The third-order valence-electron chi connectivity index (χ3n) is 2.85. The van der Waals surface area contributed by atoms with Gasteiger partial charge in [0.15, 0.2) is 0 Å². The number of H-pyrrole nitrogens is 1. The summed E-state index contributed by atoms with van der Waals surface area (Å²) < 4.78 is 14.2. The predicted molar refractivity (Wildman–Crippen MR) is 74.0 cm³/mol. The van der Waals surface area contributed by atoms with Crippen LogP contribution in [0.3, 0.4) is 0 Å². The first kappa shape index (κ1) is 15.0. The number of carboxylic acids is 1. The summed E-state index contributed by atoms with van der Waals surface area (Å²) >= 11 is 5.81. The Morgan fingerprint density at radius 3 is 2.71 bits per heavy atom. The summed E-state index contributed by atoms with van der Waals surface area (Å²) in [5.41, 5.74) is -1.35. The van der Waals surface area contributed by atoms with Crippen molar-refractivity contribution in [1.82, 2.24) is 9.55 Å². The molecule has 0 amide bonds. The van der Waals surface area contributed by atoms with Crippen LogP contribution in [-0.2, 0) is 11.3 Å². The highest BCUT2D eigenvalue weighted by atomic mass is 35.5. The lowest BCUT2D eigenvalue weighted by molar-refractivity contribution is -0.137. The molecule has 2 aromatic rings. The van der Waals surface area contributed by atoms with Crippen LogP contribution < -0.4 is 11.2 Å².